The second kappa shape index (κ2) is 7.57. The van der Waals surface area contributed by atoms with Crippen LogP contribution >= 0.6 is 0 Å². The van der Waals surface area contributed by atoms with E-state index in [0.717, 1.165) is 27.9 Å². The summed E-state index contributed by atoms with van der Waals surface area (Å²) in [6, 6.07) is 5.37. The Balaban J connectivity index is 0.00000274. The molecule has 0 bridgehead atoms. The quantitative estimate of drug-likeness (QED) is 0.469. The predicted molar refractivity (Wildman–Crippen MR) is 126 cm³/mol. The lowest BCUT2D eigenvalue weighted by atomic mass is 9.71. The Morgan fingerprint density at radius 1 is 1.21 bits per heavy atom. The van der Waals surface area contributed by atoms with Gasteiger partial charge in [0.1, 0.15) is 11.5 Å². The van der Waals surface area contributed by atoms with E-state index in [9.17, 15) is 8.78 Å². The van der Waals surface area contributed by atoms with Crippen LogP contribution in [0.2, 0.25) is 0 Å². The van der Waals surface area contributed by atoms with Crippen molar-refractivity contribution in [2.45, 2.75) is 70.8 Å². The van der Waals surface area contributed by atoms with E-state index in [1.165, 1.54) is 6.07 Å². The summed E-state index contributed by atoms with van der Waals surface area (Å²) < 4.78 is 43.6. The van der Waals surface area contributed by atoms with Gasteiger partial charge < -0.3 is 5.32 Å². The second-order valence-electron chi connectivity index (χ2n) is 9.82. The molecule has 1 aliphatic heterocycles. The second-order valence-corrected chi connectivity index (χ2v) is 9.82. The Bertz CT molecular complexity index is 1260. The van der Waals surface area contributed by atoms with E-state index in [1.54, 1.807) is 16.9 Å². The highest BCUT2D eigenvalue weighted by Crippen LogP contribution is 2.47. The zero-order valence-corrected chi connectivity index (χ0v) is 19.3. The Labute approximate surface area is 192 Å². The largest absolute Gasteiger partial charge is 0.350 e. The van der Waals surface area contributed by atoms with E-state index in [2.05, 4.69) is 41.2 Å². The van der Waals surface area contributed by atoms with Crippen LogP contribution in [0.25, 0.3) is 16.6 Å². The number of aromatic nitrogens is 3. The third kappa shape index (κ3) is 3.60. The van der Waals surface area contributed by atoms with Gasteiger partial charge in [-0.2, -0.15) is 0 Å². The monoisotopic (exact) mass is 457 g/mol. The number of alkyl halides is 2. The molecule has 5 nitrogen and oxygen atoms in total. The minimum Gasteiger partial charge on any atom is -0.350 e. The Morgan fingerprint density at radius 3 is 2.64 bits per heavy atom. The summed E-state index contributed by atoms with van der Waals surface area (Å²) in [5, 5.41) is 7.69. The molecule has 0 radical (unpaired) electrons. The van der Waals surface area contributed by atoms with Crippen molar-refractivity contribution in [3.05, 3.63) is 42.0 Å². The number of fused-ring (bicyclic) bond motifs is 2. The zero-order chi connectivity index (χ0) is 23.5. The number of benzene rings is 1. The first-order valence-corrected chi connectivity index (χ1v) is 11.5. The van der Waals surface area contributed by atoms with Crippen LogP contribution in [0.5, 0.6) is 0 Å². The lowest BCUT2D eigenvalue weighted by Gasteiger charge is -2.31. The van der Waals surface area contributed by atoms with Crippen molar-refractivity contribution in [1.29, 1.82) is 0 Å². The molecule has 1 fully saturated rings. The molecule has 1 aliphatic carbocycles. The molecule has 2 aliphatic rings. The molecule has 3 aromatic rings. The molecule has 1 saturated carbocycles. The summed E-state index contributed by atoms with van der Waals surface area (Å²) in [6.45, 7) is 8.33. The third-order valence-corrected chi connectivity index (χ3v) is 7.59. The van der Waals surface area contributed by atoms with Crippen molar-refractivity contribution in [1.82, 2.24) is 14.6 Å². The van der Waals surface area contributed by atoms with Crippen LogP contribution < -0.4 is 5.32 Å². The number of halogens is 3. The SMILES string of the molecule is CC1=Nc2c(F)cc(-c3ccn4nc(NC5CCC(F)(F)CC5)ncc34)cc2C1(C)C(C)C.[HH]. The van der Waals surface area contributed by atoms with Gasteiger partial charge in [0.05, 0.1) is 11.7 Å². The maximum absolute atomic E-state index is 15.1. The summed E-state index contributed by atoms with van der Waals surface area (Å²) in [4.78, 5) is 8.96. The minimum atomic E-state index is -2.57. The van der Waals surface area contributed by atoms with E-state index >= 15 is 4.39 Å². The molecule has 2 aromatic heterocycles. The molecule has 0 amide bonds. The highest BCUT2D eigenvalue weighted by Gasteiger charge is 2.41. The number of rotatable bonds is 4. The molecule has 1 unspecified atom stereocenters. The molecule has 5 rings (SSSR count). The molecule has 1 aromatic carbocycles. The zero-order valence-electron chi connectivity index (χ0n) is 19.3. The van der Waals surface area contributed by atoms with Gasteiger partial charge in [0, 0.05) is 43.2 Å². The van der Waals surface area contributed by atoms with E-state index in [1.807, 2.05) is 19.1 Å². The predicted octanol–water partition coefficient (Wildman–Crippen LogP) is 6.79. The van der Waals surface area contributed by atoms with Gasteiger partial charge in [0.15, 0.2) is 0 Å². The normalized spacial score (nSPS) is 22.6. The third-order valence-electron chi connectivity index (χ3n) is 7.59. The summed E-state index contributed by atoms with van der Waals surface area (Å²) in [5.41, 5.74) is 4.25. The summed E-state index contributed by atoms with van der Waals surface area (Å²) in [5.74, 6) is -2.24. The van der Waals surface area contributed by atoms with Gasteiger partial charge in [-0.05, 0) is 61.9 Å². The summed E-state index contributed by atoms with van der Waals surface area (Å²) in [7, 11) is 0. The van der Waals surface area contributed by atoms with E-state index in [0.29, 0.717) is 24.5 Å². The van der Waals surface area contributed by atoms with Crippen molar-refractivity contribution in [2.75, 3.05) is 5.32 Å². The van der Waals surface area contributed by atoms with Crippen molar-refractivity contribution in [3.8, 4) is 11.1 Å². The van der Waals surface area contributed by atoms with Crippen LogP contribution in [0.4, 0.5) is 24.8 Å². The number of nitrogens with one attached hydrogen (secondary N) is 1. The number of anilines is 1. The first-order valence-electron chi connectivity index (χ1n) is 11.5. The smallest absolute Gasteiger partial charge is 0.248 e. The van der Waals surface area contributed by atoms with Crippen molar-refractivity contribution >= 4 is 22.9 Å². The van der Waals surface area contributed by atoms with E-state index < -0.39 is 5.92 Å². The van der Waals surface area contributed by atoms with E-state index in [-0.39, 0.29) is 37.5 Å². The van der Waals surface area contributed by atoms with E-state index in [4.69, 9.17) is 0 Å². The fourth-order valence-corrected chi connectivity index (χ4v) is 5.05. The molecule has 8 heteroatoms. The minimum absolute atomic E-state index is 0. The van der Waals surface area contributed by atoms with Gasteiger partial charge in [-0.3, -0.25) is 4.99 Å². The average molecular weight is 458 g/mol. The number of nitrogens with zero attached hydrogens (tertiary/aromatic N) is 4. The Hall–Kier alpha value is -2.90. The molecule has 0 saturated heterocycles. The first kappa shape index (κ1) is 21.9. The maximum Gasteiger partial charge on any atom is 0.248 e. The molecule has 33 heavy (non-hydrogen) atoms. The molecule has 1 N–H and O–H groups in total. The van der Waals surface area contributed by atoms with Crippen LogP contribution in [0.15, 0.2) is 35.6 Å². The van der Waals surface area contributed by atoms with Gasteiger partial charge in [0.25, 0.3) is 0 Å². The number of hydrogen-bond donors (Lipinski definition) is 1. The highest BCUT2D eigenvalue weighted by atomic mass is 19.3. The van der Waals surface area contributed by atoms with Gasteiger partial charge in [-0.25, -0.2) is 22.7 Å². The first-order chi connectivity index (χ1) is 15.6. The van der Waals surface area contributed by atoms with Crippen LogP contribution in [-0.4, -0.2) is 32.3 Å². The maximum atomic E-state index is 15.1. The lowest BCUT2D eigenvalue weighted by molar-refractivity contribution is -0.0361. The number of aliphatic imine (C=N–C) groups is 1. The summed E-state index contributed by atoms with van der Waals surface area (Å²) in [6.07, 6.45) is 4.02. The molecule has 176 valence electrons. The fraction of sp³-hybridized carbons (Fsp3) is 0.480. The average Bonchev–Trinajstić information content (AvgIpc) is 3.29. The van der Waals surface area contributed by atoms with Gasteiger partial charge in [-0.1, -0.05) is 13.8 Å². The molecule has 1 atom stereocenters. The molecular formula is C25H30F3N5. The van der Waals surface area contributed by atoms with Gasteiger partial charge >= 0.3 is 0 Å². The van der Waals surface area contributed by atoms with Crippen molar-refractivity contribution in [3.63, 3.8) is 0 Å². The topological polar surface area (TPSA) is 54.6 Å². The molecular weight excluding hydrogens is 427 g/mol. The number of hydrogen-bond acceptors (Lipinski definition) is 4. The van der Waals surface area contributed by atoms with Gasteiger partial charge in [0.2, 0.25) is 11.9 Å². The standard InChI is InChI=1S/C25H28F3N5.H2/c1-14(2)24(4)15(3)30-22-19(24)11-16(12-20(22)26)18-7-10-33-21(18)13-29-23(32-33)31-17-5-8-25(27,28)9-6-17;/h7,10-14,17H,5-6,8-9H2,1-4H3,(H,31,32);1H. The molecule has 3 heterocycles. The van der Waals surface area contributed by atoms with Crippen LogP contribution in [-0.2, 0) is 5.41 Å². The highest BCUT2D eigenvalue weighted by molar-refractivity contribution is 6.01. The lowest BCUT2D eigenvalue weighted by Crippen LogP contribution is -2.33. The van der Waals surface area contributed by atoms with Crippen molar-refractivity contribution < 1.29 is 14.6 Å². The van der Waals surface area contributed by atoms with Gasteiger partial charge in [-0.15, -0.1) is 5.10 Å². The Morgan fingerprint density at radius 2 is 1.94 bits per heavy atom. The van der Waals surface area contributed by atoms with Crippen LogP contribution in [0.1, 0.15) is 60.4 Å². The van der Waals surface area contributed by atoms with Crippen LogP contribution in [0.3, 0.4) is 0 Å². The fourth-order valence-electron chi connectivity index (χ4n) is 5.05. The summed E-state index contributed by atoms with van der Waals surface area (Å²) >= 11 is 0. The molecule has 0 spiro atoms. The Kier molecular flexibility index (Phi) is 5.03. The van der Waals surface area contributed by atoms with Crippen LogP contribution in [0, 0.1) is 11.7 Å². The van der Waals surface area contributed by atoms with Crippen molar-refractivity contribution in [2.24, 2.45) is 10.9 Å².